The van der Waals surface area contributed by atoms with E-state index in [0.717, 1.165) is 48.4 Å². The maximum Gasteiger partial charge on any atom is 0.408 e. The van der Waals surface area contributed by atoms with Crippen LogP contribution in [0.25, 0.3) is 0 Å². The van der Waals surface area contributed by atoms with E-state index in [1.165, 1.54) is 12.8 Å². The van der Waals surface area contributed by atoms with Crippen molar-refractivity contribution in [1.29, 1.82) is 0 Å². The van der Waals surface area contributed by atoms with Crippen LogP contribution in [0, 0.1) is 11.8 Å². The Hall–Kier alpha value is -4.14. The summed E-state index contributed by atoms with van der Waals surface area (Å²) in [5.74, 6) is -0.138. The minimum absolute atomic E-state index is 0.134. The molecule has 2 amide bonds. The molecule has 2 aromatic carbocycles. The van der Waals surface area contributed by atoms with Gasteiger partial charge in [0.1, 0.15) is 19.3 Å². The quantitative estimate of drug-likeness (QED) is 0.124. The molecule has 1 saturated carbocycles. The van der Waals surface area contributed by atoms with Crippen LogP contribution in [0.5, 0.6) is 0 Å². The van der Waals surface area contributed by atoms with Gasteiger partial charge in [-0.3, -0.25) is 9.59 Å². The molecular weight excluding hydrogens is 580 g/mol. The van der Waals surface area contributed by atoms with Gasteiger partial charge in [-0.2, -0.15) is 0 Å². The van der Waals surface area contributed by atoms with Crippen molar-refractivity contribution in [1.82, 2.24) is 20.2 Å². The third-order valence-electron chi connectivity index (χ3n) is 8.77. The first-order valence-corrected chi connectivity index (χ1v) is 16.9. The van der Waals surface area contributed by atoms with Gasteiger partial charge in [0.25, 0.3) is 0 Å². The highest BCUT2D eigenvalue weighted by Crippen LogP contribution is 2.32. The minimum Gasteiger partial charge on any atom is -0.461 e. The molecule has 0 aliphatic heterocycles. The van der Waals surface area contributed by atoms with E-state index in [-0.39, 0.29) is 25.1 Å². The van der Waals surface area contributed by atoms with Crippen molar-refractivity contribution in [3.8, 4) is 0 Å². The van der Waals surface area contributed by atoms with Crippen LogP contribution < -0.4 is 10.6 Å². The number of imidazole rings is 1. The van der Waals surface area contributed by atoms with Crippen LogP contribution in [0.1, 0.15) is 94.5 Å². The molecule has 9 nitrogen and oxygen atoms in total. The normalized spacial score (nSPS) is 17.4. The summed E-state index contributed by atoms with van der Waals surface area (Å²) in [6.07, 6.45) is 11.9. The van der Waals surface area contributed by atoms with Crippen LogP contribution in [-0.2, 0) is 38.7 Å². The second-order valence-electron chi connectivity index (χ2n) is 12.6. The first kappa shape index (κ1) is 34.7. The number of alkyl carbamates (subject to hydrolysis) is 1. The van der Waals surface area contributed by atoms with Crippen molar-refractivity contribution >= 4 is 18.0 Å². The molecule has 9 heteroatoms. The Morgan fingerprint density at radius 1 is 0.891 bits per heavy atom. The molecule has 0 saturated heterocycles. The molecule has 1 heterocycles. The highest BCUT2D eigenvalue weighted by atomic mass is 16.5. The number of aromatic nitrogens is 2. The van der Waals surface area contributed by atoms with Crippen molar-refractivity contribution in [3.63, 3.8) is 0 Å². The number of rotatable bonds is 17. The topological polar surface area (TPSA) is 112 Å². The number of nitrogens with zero attached hydrogens (tertiary/aromatic N) is 2. The summed E-state index contributed by atoms with van der Waals surface area (Å²) in [6.45, 7) is 5.08. The standard InChI is InChI=1S/C37H50N4O5/c1-3-4-17-34(40-37(44)46-26-30-14-9-6-10-15-30)35(42)38-22-11-16-31(36(43)45-25-29-12-7-5-8-13-29)23-32-24-41(27-39-32)33-20-18-28(2)19-21-33/h5-10,12-15,24,27-28,31,33-34H,3-4,11,16-23,25-26H2,1-2H3,(H,38,42)(H,40,44). The van der Waals surface area contributed by atoms with Crippen LogP contribution in [0.4, 0.5) is 4.79 Å². The van der Waals surface area contributed by atoms with Gasteiger partial charge in [-0.15, -0.1) is 0 Å². The van der Waals surface area contributed by atoms with E-state index in [9.17, 15) is 14.4 Å². The van der Waals surface area contributed by atoms with E-state index in [2.05, 4.69) is 33.3 Å². The fourth-order valence-corrected chi connectivity index (χ4v) is 5.89. The van der Waals surface area contributed by atoms with Crippen LogP contribution in [-0.4, -0.2) is 40.1 Å². The van der Waals surface area contributed by atoms with E-state index < -0.39 is 18.1 Å². The number of hydrogen-bond donors (Lipinski definition) is 2. The summed E-state index contributed by atoms with van der Waals surface area (Å²) < 4.78 is 13.3. The molecule has 0 spiro atoms. The van der Waals surface area contributed by atoms with E-state index in [1.54, 1.807) is 0 Å². The molecule has 2 unspecified atom stereocenters. The van der Waals surface area contributed by atoms with Crippen molar-refractivity contribution in [2.24, 2.45) is 11.8 Å². The first-order chi connectivity index (χ1) is 22.4. The highest BCUT2D eigenvalue weighted by Gasteiger charge is 2.25. The fraction of sp³-hybridized carbons (Fsp3) is 0.514. The molecule has 2 N–H and O–H groups in total. The number of hydrogen-bond acceptors (Lipinski definition) is 6. The van der Waals surface area contributed by atoms with Crippen molar-refractivity contribution in [2.75, 3.05) is 6.54 Å². The molecule has 0 radical (unpaired) electrons. The summed E-state index contributed by atoms with van der Waals surface area (Å²) in [7, 11) is 0. The second kappa shape index (κ2) is 18.7. The van der Waals surface area contributed by atoms with Crippen LogP contribution in [0.3, 0.4) is 0 Å². The van der Waals surface area contributed by atoms with Crippen molar-refractivity contribution in [2.45, 2.75) is 103 Å². The average Bonchev–Trinajstić information content (AvgIpc) is 3.55. The minimum atomic E-state index is -0.693. The Morgan fingerprint density at radius 3 is 2.20 bits per heavy atom. The lowest BCUT2D eigenvalue weighted by atomic mass is 9.87. The van der Waals surface area contributed by atoms with Crippen molar-refractivity contribution in [3.05, 3.63) is 90.0 Å². The van der Waals surface area contributed by atoms with E-state index in [1.807, 2.05) is 73.9 Å². The third-order valence-corrected chi connectivity index (χ3v) is 8.77. The lowest BCUT2D eigenvalue weighted by Gasteiger charge is -2.26. The smallest absolute Gasteiger partial charge is 0.408 e. The van der Waals surface area contributed by atoms with Crippen LogP contribution in [0.15, 0.2) is 73.2 Å². The fourth-order valence-electron chi connectivity index (χ4n) is 5.89. The molecule has 1 aliphatic rings. The maximum absolute atomic E-state index is 13.3. The summed E-state index contributed by atoms with van der Waals surface area (Å²) in [4.78, 5) is 43.5. The second-order valence-corrected chi connectivity index (χ2v) is 12.6. The van der Waals surface area contributed by atoms with Gasteiger partial charge in [-0.1, -0.05) is 87.4 Å². The molecular formula is C37H50N4O5. The molecule has 248 valence electrons. The van der Waals surface area contributed by atoms with Gasteiger partial charge >= 0.3 is 12.1 Å². The Balaban J connectivity index is 1.29. The summed E-state index contributed by atoms with van der Waals surface area (Å²) in [6, 6.07) is 18.8. The van der Waals surface area contributed by atoms with E-state index in [0.29, 0.717) is 38.3 Å². The Labute approximate surface area is 273 Å². The van der Waals surface area contributed by atoms with E-state index >= 15 is 0 Å². The lowest BCUT2D eigenvalue weighted by molar-refractivity contribution is -0.150. The predicted molar refractivity (Wildman–Crippen MR) is 178 cm³/mol. The zero-order valence-electron chi connectivity index (χ0n) is 27.4. The molecule has 2 atom stereocenters. The van der Waals surface area contributed by atoms with E-state index in [4.69, 9.17) is 9.47 Å². The average molecular weight is 631 g/mol. The number of benzene rings is 2. The summed E-state index contributed by atoms with van der Waals surface area (Å²) in [5, 5.41) is 5.68. The van der Waals surface area contributed by atoms with Gasteiger partial charge in [-0.05, 0) is 62.0 Å². The highest BCUT2D eigenvalue weighted by molar-refractivity contribution is 5.85. The molecule has 1 fully saturated rings. The Kier molecular flexibility index (Phi) is 14.1. The monoisotopic (exact) mass is 630 g/mol. The molecule has 1 aliphatic carbocycles. The Bertz CT molecular complexity index is 1340. The molecule has 0 bridgehead atoms. The van der Waals surface area contributed by atoms with Gasteiger partial charge in [0, 0.05) is 25.2 Å². The molecule has 46 heavy (non-hydrogen) atoms. The third kappa shape index (κ3) is 11.7. The zero-order valence-corrected chi connectivity index (χ0v) is 27.4. The number of ether oxygens (including phenoxy) is 2. The van der Waals surface area contributed by atoms with Gasteiger partial charge < -0.3 is 24.7 Å². The maximum atomic E-state index is 13.3. The van der Waals surface area contributed by atoms with Crippen LogP contribution >= 0.6 is 0 Å². The number of carbonyl (C=O) groups excluding carboxylic acids is 3. The van der Waals surface area contributed by atoms with Gasteiger partial charge in [0.05, 0.1) is 17.9 Å². The number of carbonyl (C=O) groups is 3. The number of amides is 2. The Morgan fingerprint density at radius 2 is 1.54 bits per heavy atom. The zero-order chi connectivity index (χ0) is 32.6. The molecule has 4 rings (SSSR count). The lowest BCUT2D eigenvalue weighted by Crippen LogP contribution is -2.47. The number of unbranched alkanes of at least 4 members (excludes halogenated alkanes) is 1. The number of nitrogens with one attached hydrogen (secondary N) is 2. The summed E-state index contributed by atoms with van der Waals surface area (Å²) in [5.41, 5.74) is 2.69. The SMILES string of the molecule is CCCCC(NC(=O)OCc1ccccc1)C(=O)NCCCC(Cc1cn(C2CCC(C)CC2)cn1)C(=O)OCc1ccccc1. The number of esters is 1. The molecule has 3 aromatic rings. The van der Waals surface area contributed by atoms with Gasteiger partial charge in [0.15, 0.2) is 0 Å². The summed E-state index contributed by atoms with van der Waals surface area (Å²) >= 11 is 0. The first-order valence-electron chi connectivity index (χ1n) is 16.9. The van der Waals surface area contributed by atoms with Gasteiger partial charge in [0.2, 0.25) is 5.91 Å². The predicted octanol–water partition coefficient (Wildman–Crippen LogP) is 6.92. The largest absolute Gasteiger partial charge is 0.461 e. The van der Waals surface area contributed by atoms with Crippen molar-refractivity contribution < 1.29 is 23.9 Å². The van der Waals surface area contributed by atoms with Gasteiger partial charge in [-0.25, -0.2) is 9.78 Å². The van der Waals surface area contributed by atoms with Crippen LogP contribution in [0.2, 0.25) is 0 Å². The molecule has 1 aromatic heterocycles.